The molecule has 3 N–H and O–H groups in total. The fraction of sp³-hybridized carbons (Fsp3) is 1.00. The average molecular weight is 188 g/mol. The summed E-state index contributed by atoms with van der Waals surface area (Å²) in [5.41, 5.74) is 2.86. The zero-order valence-electron chi connectivity index (χ0n) is 9.34. The summed E-state index contributed by atoms with van der Waals surface area (Å²) in [6.07, 6.45) is 3.62. The molecule has 0 spiro atoms. The molecule has 0 heterocycles. The van der Waals surface area contributed by atoms with E-state index in [0.29, 0.717) is 18.1 Å². The third kappa shape index (κ3) is 6.99. The number of hydrogen-bond acceptors (Lipinski definition) is 3. The quantitative estimate of drug-likeness (QED) is 0.472. The van der Waals surface area contributed by atoms with Gasteiger partial charge in [-0.3, -0.25) is 11.3 Å². The molecule has 3 heteroatoms. The summed E-state index contributed by atoms with van der Waals surface area (Å²) in [5, 5.41) is 0. The lowest BCUT2D eigenvalue weighted by Crippen LogP contribution is -2.36. The largest absolute Gasteiger partial charge is 0.382 e. The highest BCUT2D eigenvalue weighted by atomic mass is 16.5. The molecular weight excluding hydrogens is 164 g/mol. The van der Waals surface area contributed by atoms with E-state index in [1.165, 1.54) is 0 Å². The Kier molecular flexibility index (Phi) is 7.23. The fourth-order valence-corrected chi connectivity index (χ4v) is 1.39. The third-order valence-electron chi connectivity index (χ3n) is 2.32. The number of hydrazine groups is 1. The van der Waals surface area contributed by atoms with Gasteiger partial charge >= 0.3 is 0 Å². The van der Waals surface area contributed by atoms with Crippen LogP contribution in [0.4, 0.5) is 0 Å². The molecule has 0 bridgehead atoms. The smallest absolute Gasteiger partial charge is 0.0543 e. The van der Waals surface area contributed by atoms with E-state index >= 15 is 0 Å². The molecule has 2 unspecified atom stereocenters. The van der Waals surface area contributed by atoms with Crippen molar-refractivity contribution in [1.82, 2.24) is 5.43 Å². The molecule has 0 aromatic heterocycles. The molecule has 0 saturated heterocycles. The van der Waals surface area contributed by atoms with Crippen LogP contribution in [0.1, 0.15) is 40.0 Å². The standard InChI is InChI=1S/C10H24N2O/c1-8(2)7-10(12-11)6-5-9(3)13-4/h8-10,12H,5-7,11H2,1-4H3. The van der Waals surface area contributed by atoms with Crippen LogP contribution in [0.15, 0.2) is 0 Å². The molecule has 2 atom stereocenters. The topological polar surface area (TPSA) is 47.3 Å². The minimum absolute atomic E-state index is 0.336. The van der Waals surface area contributed by atoms with Crippen LogP contribution in [0.5, 0.6) is 0 Å². The first-order valence-corrected chi connectivity index (χ1v) is 5.09. The molecule has 0 radical (unpaired) electrons. The van der Waals surface area contributed by atoms with Crippen LogP contribution in [-0.2, 0) is 4.74 Å². The maximum Gasteiger partial charge on any atom is 0.0543 e. The highest BCUT2D eigenvalue weighted by Gasteiger charge is 2.10. The van der Waals surface area contributed by atoms with E-state index in [4.69, 9.17) is 10.6 Å². The summed E-state index contributed by atoms with van der Waals surface area (Å²) in [6, 6.07) is 0.428. The number of ether oxygens (including phenoxy) is 1. The van der Waals surface area contributed by atoms with Gasteiger partial charge in [0.15, 0.2) is 0 Å². The van der Waals surface area contributed by atoms with Gasteiger partial charge < -0.3 is 4.74 Å². The normalized spacial score (nSPS) is 16.2. The highest BCUT2D eigenvalue weighted by molar-refractivity contribution is 4.67. The van der Waals surface area contributed by atoms with Crippen molar-refractivity contribution in [2.45, 2.75) is 52.2 Å². The number of nitrogens with one attached hydrogen (secondary N) is 1. The van der Waals surface area contributed by atoms with E-state index in [2.05, 4.69) is 26.2 Å². The first-order chi connectivity index (χ1) is 6.10. The lowest BCUT2D eigenvalue weighted by Gasteiger charge is -2.19. The minimum atomic E-state index is 0.336. The van der Waals surface area contributed by atoms with Gasteiger partial charge in [-0.05, 0) is 32.1 Å². The fourth-order valence-electron chi connectivity index (χ4n) is 1.39. The number of methoxy groups -OCH3 is 1. The van der Waals surface area contributed by atoms with Crippen LogP contribution in [-0.4, -0.2) is 19.3 Å². The summed E-state index contributed by atoms with van der Waals surface area (Å²) in [6.45, 7) is 6.51. The van der Waals surface area contributed by atoms with E-state index < -0.39 is 0 Å². The van der Waals surface area contributed by atoms with Crippen LogP contribution in [0.25, 0.3) is 0 Å². The number of nitrogens with two attached hydrogens (primary N) is 1. The Morgan fingerprint density at radius 3 is 2.23 bits per heavy atom. The Balaban J connectivity index is 3.59. The van der Waals surface area contributed by atoms with E-state index in [-0.39, 0.29) is 0 Å². The summed E-state index contributed by atoms with van der Waals surface area (Å²) in [7, 11) is 1.75. The van der Waals surface area contributed by atoms with Gasteiger partial charge in [0.25, 0.3) is 0 Å². The van der Waals surface area contributed by atoms with Crippen LogP contribution in [0, 0.1) is 5.92 Å². The van der Waals surface area contributed by atoms with Crippen LogP contribution in [0.3, 0.4) is 0 Å². The Labute approximate surface area is 82.0 Å². The summed E-state index contributed by atoms with van der Waals surface area (Å²) in [4.78, 5) is 0. The molecule has 0 fully saturated rings. The summed E-state index contributed by atoms with van der Waals surface area (Å²) < 4.78 is 5.18. The lowest BCUT2D eigenvalue weighted by molar-refractivity contribution is 0.105. The zero-order valence-corrected chi connectivity index (χ0v) is 9.34. The molecule has 80 valence electrons. The third-order valence-corrected chi connectivity index (χ3v) is 2.32. The van der Waals surface area contributed by atoms with E-state index in [1.807, 2.05) is 0 Å². The molecule has 0 aromatic rings. The molecule has 0 aliphatic heterocycles. The van der Waals surface area contributed by atoms with Gasteiger partial charge in [-0.1, -0.05) is 13.8 Å². The molecule has 0 aromatic carbocycles. The predicted molar refractivity (Wildman–Crippen MR) is 56.3 cm³/mol. The molecule has 0 saturated carbocycles. The van der Waals surface area contributed by atoms with E-state index in [9.17, 15) is 0 Å². The van der Waals surface area contributed by atoms with Gasteiger partial charge in [0.05, 0.1) is 6.10 Å². The first-order valence-electron chi connectivity index (χ1n) is 5.09. The van der Waals surface area contributed by atoms with Crippen molar-refractivity contribution in [3.05, 3.63) is 0 Å². The van der Waals surface area contributed by atoms with Crippen molar-refractivity contribution in [1.29, 1.82) is 0 Å². The molecule has 0 aliphatic carbocycles. The monoisotopic (exact) mass is 188 g/mol. The van der Waals surface area contributed by atoms with Gasteiger partial charge in [-0.15, -0.1) is 0 Å². The van der Waals surface area contributed by atoms with Crippen molar-refractivity contribution in [3.8, 4) is 0 Å². The maximum absolute atomic E-state index is 5.46. The van der Waals surface area contributed by atoms with E-state index in [1.54, 1.807) is 7.11 Å². The average Bonchev–Trinajstić information content (AvgIpc) is 2.10. The lowest BCUT2D eigenvalue weighted by atomic mass is 9.99. The maximum atomic E-state index is 5.46. The van der Waals surface area contributed by atoms with Crippen LogP contribution >= 0.6 is 0 Å². The summed E-state index contributed by atoms with van der Waals surface area (Å²) >= 11 is 0. The van der Waals surface area contributed by atoms with E-state index in [0.717, 1.165) is 19.3 Å². The molecule has 13 heavy (non-hydrogen) atoms. The Bertz CT molecular complexity index is 117. The van der Waals surface area contributed by atoms with Gasteiger partial charge in [-0.25, -0.2) is 0 Å². The SMILES string of the molecule is COC(C)CCC(CC(C)C)NN. The van der Waals surface area contributed by atoms with Crippen molar-refractivity contribution in [2.24, 2.45) is 11.8 Å². The first kappa shape index (κ1) is 12.9. The molecule has 3 nitrogen and oxygen atoms in total. The van der Waals surface area contributed by atoms with Crippen molar-refractivity contribution >= 4 is 0 Å². The number of hydrogen-bond donors (Lipinski definition) is 2. The van der Waals surface area contributed by atoms with Gasteiger partial charge in [0.2, 0.25) is 0 Å². The van der Waals surface area contributed by atoms with Gasteiger partial charge in [0, 0.05) is 13.2 Å². The van der Waals surface area contributed by atoms with Gasteiger partial charge in [0.1, 0.15) is 0 Å². The second kappa shape index (κ2) is 7.30. The second-order valence-electron chi connectivity index (χ2n) is 4.12. The van der Waals surface area contributed by atoms with Crippen LogP contribution < -0.4 is 11.3 Å². The Morgan fingerprint density at radius 2 is 1.85 bits per heavy atom. The van der Waals surface area contributed by atoms with Gasteiger partial charge in [-0.2, -0.15) is 0 Å². The minimum Gasteiger partial charge on any atom is -0.382 e. The zero-order chi connectivity index (χ0) is 10.3. The second-order valence-corrected chi connectivity index (χ2v) is 4.12. The molecule has 0 aliphatic rings. The number of rotatable bonds is 7. The van der Waals surface area contributed by atoms with Crippen molar-refractivity contribution in [2.75, 3.05) is 7.11 Å². The van der Waals surface area contributed by atoms with Crippen molar-refractivity contribution < 1.29 is 4.74 Å². The molecular formula is C10H24N2O. The highest BCUT2D eigenvalue weighted by Crippen LogP contribution is 2.11. The van der Waals surface area contributed by atoms with Crippen molar-refractivity contribution in [3.63, 3.8) is 0 Å². The van der Waals surface area contributed by atoms with Crippen LogP contribution in [0.2, 0.25) is 0 Å². The molecule has 0 rings (SSSR count). The predicted octanol–water partition coefficient (Wildman–Crippen LogP) is 1.68. The molecule has 0 amide bonds. The summed E-state index contributed by atoms with van der Waals surface area (Å²) in [5.74, 6) is 6.15. The Morgan fingerprint density at radius 1 is 1.23 bits per heavy atom. The Hall–Kier alpha value is -0.120.